The molecule has 1 aromatic rings. The zero-order valence-corrected chi connectivity index (χ0v) is 12.8. The summed E-state index contributed by atoms with van der Waals surface area (Å²) in [5, 5.41) is 0. The van der Waals surface area contributed by atoms with Crippen LogP contribution in [0.4, 0.5) is 26.1 Å². The van der Waals surface area contributed by atoms with Crippen LogP contribution in [0.25, 0.3) is 0 Å². The normalized spacial score (nSPS) is 11.9. The van der Waals surface area contributed by atoms with E-state index in [1.807, 2.05) is 0 Å². The number of methoxy groups -OCH3 is 1. The Kier molecular flexibility index (Phi) is 6.76. The zero-order chi connectivity index (χ0) is 13.3. The SMILES string of the molecule is COc1cc(C(F)(F)F)ccc1C[B-](F)(F)F.[K+]. The van der Waals surface area contributed by atoms with Crippen LogP contribution in [0.1, 0.15) is 11.1 Å². The van der Waals surface area contributed by atoms with E-state index in [1.54, 1.807) is 0 Å². The third-order valence-electron chi connectivity index (χ3n) is 2.07. The minimum atomic E-state index is -5.11. The molecule has 0 aromatic heterocycles. The first kappa shape index (κ1) is 18.3. The van der Waals surface area contributed by atoms with E-state index in [-0.39, 0.29) is 56.9 Å². The average Bonchev–Trinajstić information content (AvgIpc) is 2.14. The van der Waals surface area contributed by atoms with Crippen LogP contribution in [0.5, 0.6) is 5.75 Å². The van der Waals surface area contributed by atoms with Crippen molar-refractivity contribution in [2.24, 2.45) is 0 Å². The summed E-state index contributed by atoms with van der Waals surface area (Å²) in [5.74, 6) is -0.404. The van der Waals surface area contributed by atoms with Crippen molar-refractivity contribution in [3.63, 3.8) is 0 Å². The van der Waals surface area contributed by atoms with Gasteiger partial charge in [0.2, 0.25) is 0 Å². The molecule has 9 heteroatoms. The fourth-order valence-electron chi connectivity index (χ4n) is 1.34. The van der Waals surface area contributed by atoms with Crippen molar-refractivity contribution >= 4 is 6.98 Å². The number of rotatable bonds is 3. The first-order valence-electron chi connectivity index (χ1n) is 4.58. The van der Waals surface area contributed by atoms with Gasteiger partial charge in [-0.25, -0.2) is 0 Å². The zero-order valence-electron chi connectivity index (χ0n) is 9.69. The Morgan fingerprint density at radius 2 is 1.72 bits per heavy atom. The molecule has 1 rings (SSSR count). The molecule has 0 heterocycles. The molecule has 0 radical (unpaired) electrons. The van der Waals surface area contributed by atoms with Gasteiger partial charge < -0.3 is 17.7 Å². The van der Waals surface area contributed by atoms with Crippen molar-refractivity contribution in [1.29, 1.82) is 0 Å². The number of benzene rings is 1. The van der Waals surface area contributed by atoms with Crippen LogP contribution in [-0.2, 0) is 12.5 Å². The Morgan fingerprint density at radius 1 is 1.17 bits per heavy atom. The van der Waals surface area contributed by atoms with Crippen LogP contribution in [0, 0.1) is 0 Å². The molecule has 0 saturated carbocycles. The first-order valence-corrected chi connectivity index (χ1v) is 4.58. The fourth-order valence-corrected chi connectivity index (χ4v) is 1.34. The maximum Gasteiger partial charge on any atom is 1.00 e. The van der Waals surface area contributed by atoms with Crippen LogP contribution in [0.2, 0.25) is 0 Å². The molecule has 0 fully saturated rings. The summed E-state index contributed by atoms with van der Waals surface area (Å²) in [6, 6.07) is 1.97. The summed E-state index contributed by atoms with van der Waals surface area (Å²) in [7, 11) is 1.03. The molecule has 96 valence electrons. The molecule has 1 aromatic carbocycles. The van der Waals surface area contributed by atoms with Gasteiger partial charge >= 0.3 is 64.5 Å². The molecule has 0 unspecified atom stereocenters. The summed E-state index contributed by atoms with van der Waals surface area (Å²) in [4.78, 5) is 0. The van der Waals surface area contributed by atoms with E-state index in [4.69, 9.17) is 0 Å². The van der Waals surface area contributed by atoms with E-state index >= 15 is 0 Å². The van der Waals surface area contributed by atoms with E-state index in [2.05, 4.69) is 4.74 Å². The van der Waals surface area contributed by atoms with Crippen LogP contribution < -0.4 is 56.1 Å². The van der Waals surface area contributed by atoms with Gasteiger partial charge in [0.15, 0.2) is 0 Å². The van der Waals surface area contributed by atoms with Crippen LogP contribution in [0.3, 0.4) is 0 Å². The second kappa shape index (κ2) is 6.65. The molecule has 0 aliphatic heterocycles. The monoisotopic (exact) mass is 296 g/mol. The van der Waals surface area contributed by atoms with Crippen molar-refractivity contribution < 1.29 is 82.2 Å². The predicted octanol–water partition coefficient (Wildman–Crippen LogP) is 0.647. The third kappa shape index (κ3) is 5.52. The van der Waals surface area contributed by atoms with Gasteiger partial charge in [0.25, 0.3) is 0 Å². The molecule has 0 atom stereocenters. The van der Waals surface area contributed by atoms with Gasteiger partial charge in [-0.1, -0.05) is 12.4 Å². The minimum absolute atomic E-state index is 0. The molecule has 0 aliphatic carbocycles. The second-order valence-electron chi connectivity index (χ2n) is 3.44. The van der Waals surface area contributed by atoms with E-state index in [1.165, 1.54) is 0 Å². The Morgan fingerprint density at radius 3 is 2.11 bits per heavy atom. The summed E-state index contributed by atoms with van der Waals surface area (Å²) in [5.41, 5.74) is -1.33. The number of alkyl halides is 3. The Hall–Kier alpha value is 0.301. The number of hydrogen-bond donors (Lipinski definition) is 0. The molecular formula is C9H8BF6KO. The van der Waals surface area contributed by atoms with Crippen molar-refractivity contribution in [1.82, 2.24) is 0 Å². The fraction of sp³-hybridized carbons (Fsp3) is 0.333. The number of halogens is 6. The quantitative estimate of drug-likeness (QED) is 0.588. The first-order chi connectivity index (χ1) is 7.63. The Balaban J connectivity index is 0.00000289. The topological polar surface area (TPSA) is 9.23 Å². The van der Waals surface area contributed by atoms with Gasteiger partial charge in [0, 0.05) is 0 Å². The predicted molar refractivity (Wildman–Crippen MR) is 50.8 cm³/mol. The van der Waals surface area contributed by atoms with Gasteiger partial charge in [0.05, 0.1) is 12.7 Å². The van der Waals surface area contributed by atoms with Crippen LogP contribution >= 0.6 is 0 Å². The van der Waals surface area contributed by atoms with Crippen molar-refractivity contribution in [2.75, 3.05) is 7.11 Å². The molecule has 0 N–H and O–H groups in total. The molecule has 0 saturated heterocycles. The molecule has 0 spiro atoms. The van der Waals surface area contributed by atoms with Gasteiger partial charge in [-0.15, -0.1) is 0 Å². The maximum absolute atomic E-state index is 12.3. The van der Waals surface area contributed by atoms with Crippen molar-refractivity contribution in [3.8, 4) is 5.75 Å². The summed E-state index contributed by atoms with van der Waals surface area (Å²) >= 11 is 0. The van der Waals surface area contributed by atoms with Crippen molar-refractivity contribution in [3.05, 3.63) is 29.3 Å². The van der Waals surface area contributed by atoms with Crippen LogP contribution in [-0.4, -0.2) is 14.1 Å². The number of ether oxygens (including phenoxy) is 1. The number of hydrogen-bond acceptors (Lipinski definition) is 1. The molecule has 0 bridgehead atoms. The molecule has 18 heavy (non-hydrogen) atoms. The third-order valence-corrected chi connectivity index (χ3v) is 2.07. The molecule has 0 aliphatic rings. The molecule has 1 nitrogen and oxygen atoms in total. The summed E-state index contributed by atoms with van der Waals surface area (Å²) in [6.45, 7) is -5.11. The minimum Gasteiger partial charge on any atom is -0.497 e. The van der Waals surface area contributed by atoms with Crippen LogP contribution in [0.15, 0.2) is 18.2 Å². The van der Waals surface area contributed by atoms with E-state index in [9.17, 15) is 26.1 Å². The molecule has 0 amide bonds. The maximum atomic E-state index is 12.3. The van der Waals surface area contributed by atoms with Crippen molar-refractivity contribution in [2.45, 2.75) is 12.5 Å². The van der Waals surface area contributed by atoms with Gasteiger partial charge in [-0.3, -0.25) is 0 Å². The van der Waals surface area contributed by atoms with E-state index in [0.29, 0.717) is 12.1 Å². The smallest absolute Gasteiger partial charge is 0.497 e. The Bertz CT molecular complexity index is 403. The van der Waals surface area contributed by atoms with E-state index < -0.39 is 30.8 Å². The molecular weight excluding hydrogens is 288 g/mol. The standard InChI is InChI=1S/C9H8BF6O.K/c1-17-8-4-7(9(11,12)13)3-2-6(8)5-10(14,15)16;/h2-4H,5H2,1H3;/q-1;+1. The van der Waals surface area contributed by atoms with Gasteiger partial charge in [0.1, 0.15) is 5.75 Å². The summed E-state index contributed by atoms with van der Waals surface area (Å²) in [6.07, 6.45) is -5.86. The van der Waals surface area contributed by atoms with E-state index in [0.717, 1.165) is 13.2 Å². The average molecular weight is 296 g/mol. The largest absolute Gasteiger partial charge is 1.00 e. The van der Waals surface area contributed by atoms with Gasteiger partial charge in [-0.2, -0.15) is 13.2 Å². The Labute approximate surface area is 142 Å². The second-order valence-corrected chi connectivity index (χ2v) is 3.44. The summed E-state index contributed by atoms with van der Waals surface area (Å²) < 4.78 is 78.0. The van der Waals surface area contributed by atoms with Gasteiger partial charge in [-0.05, 0) is 17.7 Å².